The highest BCUT2D eigenvalue weighted by Crippen LogP contribution is 2.27. The van der Waals surface area contributed by atoms with Gasteiger partial charge in [0.25, 0.3) is 0 Å². The Kier molecular flexibility index (Phi) is 6.74. The highest BCUT2D eigenvalue weighted by Gasteiger charge is 2.27. The van der Waals surface area contributed by atoms with E-state index in [1.165, 1.54) is 24.8 Å². The van der Waals surface area contributed by atoms with Gasteiger partial charge in [0.15, 0.2) is 0 Å². The average molecular weight is 310 g/mol. The molecule has 0 amide bonds. The van der Waals surface area contributed by atoms with Crippen molar-refractivity contribution in [3.63, 3.8) is 0 Å². The van der Waals surface area contributed by atoms with Gasteiger partial charge in [-0.3, -0.25) is 4.90 Å². The Labute approximate surface area is 136 Å². The maximum Gasteiger partial charge on any atom is 0.0406 e. The molecular weight excluding hydrogens is 278 g/mol. The molecule has 120 valence electrons. The van der Waals surface area contributed by atoms with Gasteiger partial charge in [-0.05, 0) is 56.3 Å². The minimum Gasteiger partial charge on any atom is -0.294 e. The molecule has 0 spiro atoms. The van der Waals surface area contributed by atoms with Crippen LogP contribution in [-0.4, -0.2) is 17.0 Å². The number of hydrogen-bond acceptors (Lipinski definition) is 1. The molecule has 0 unspecified atom stereocenters. The van der Waals surface area contributed by atoms with E-state index in [-0.39, 0.29) is 5.54 Å². The summed E-state index contributed by atoms with van der Waals surface area (Å²) in [7, 11) is 0. The van der Waals surface area contributed by atoms with Gasteiger partial charge in [0.2, 0.25) is 0 Å². The first-order chi connectivity index (χ1) is 9.64. The van der Waals surface area contributed by atoms with Crippen LogP contribution in [0.15, 0.2) is 24.3 Å². The molecular formula is C19H32ClN. The van der Waals surface area contributed by atoms with Crippen molar-refractivity contribution in [1.29, 1.82) is 0 Å². The number of hydrogen-bond donors (Lipinski definition) is 0. The average Bonchev–Trinajstić information content (AvgIpc) is 2.35. The molecule has 2 heteroatoms. The second-order valence-electron chi connectivity index (χ2n) is 7.92. The topological polar surface area (TPSA) is 3.24 Å². The highest BCUT2D eigenvalue weighted by atomic mass is 35.5. The molecule has 21 heavy (non-hydrogen) atoms. The number of rotatable bonds is 7. The molecule has 0 heterocycles. The fourth-order valence-corrected chi connectivity index (χ4v) is 2.77. The van der Waals surface area contributed by atoms with E-state index in [1.807, 2.05) is 12.1 Å². The molecule has 0 aliphatic carbocycles. The lowest BCUT2D eigenvalue weighted by Gasteiger charge is -2.40. The second-order valence-corrected chi connectivity index (χ2v) is 8.36. The lowest BCUT2D eigenvalue weighted by atomic mass is 9.89. The van der Waals surface area contributed by atoms with Gasteiger partial charge < -0.3 is 0 Å². The van der Waals surface area contributed by atoms with Gasteiger partial charge in [0.1, 0.15) is 0 Å². The fraction of sp³-hybridized carbons (Fsp3) is 0.684. The summed E-state index contributed by atoms with van der Waals surface area (Å²) in [5, 5.41) is 0.813. The van der Waals surface area contributed by atoms with Crippen LogP contribution < -0.4 is 0 Å². The summed E-state index contributed by atoms with van der Waals surface area (Å²) >= 11 is 6.00. The zero-order valence-corrected chi connectivity index (χ0v) is 15.4. The van der Waals surface area contributed by atoms with Crippen LogP contribution in [0.5, 0.6) is 0 Å². The van der Waals surface area contributed by atoms with E-state index in [4.69, 9.17) is 11.6 Å². The van der Waals surface area contributed by atoms with Crippen LogP contribution in [-0.2, 0) is 6.54 Å². The van der Waals surface area contributed by atoms with Crippen molar-refractivity contribution >= 4 is 11.6 Å². The minimum absolute atomic E-state index is 0.236. The normalized spacial score (nSPS) is 13.0. The predicted octanol–water partition coefficient (Wildman–Crippen LogP) is 6.16. The third kappa shape index (κ3) is 6.84. The van der Waals surface area contributed by atoms with E-state index in [2.05, 4.69) is 58.6 Å². The first-order valence-corrected chi connectivity index (χ1v) is 8.51. The van der Waals surface area contributed by atoms with Crippen LogP contribution in [0.4, 0.5) is 0 Å². The standard InChI is InChI=1S/C19H32ClN/c1-7-12-19(5,6)21(14-13-18(2,3)4)15-16-8-10-17(20)11-9-16/h8-11H,7,12-15H2,1-6H3. The molecule has 1 nitrogen and oxygen atoms in total. The van der Waals surface area contributed by atoms with Crippen molar-refractivity contribution in [3.05, 3.63) is 34.9 Å². The van der Waals surface area contributed by atoms with Gasteiger partial charge in [-0.1, -0.05) is 57.8 Å². The maximum absolute atomic E-state index is 6.00. The van der Waals surface area contributed by atoms with Gasteiger partial charge in [0, 0.05) is 17.1 Å². The quantitative estimate of drug-likeness (QED) is 0.583. The summed E-state index contributed by atoms with van der Waals surface area (Å²) in [6.45, 7) is 16.1. The number of benzene rings is 1. The monoisotopic (exact) mass is 309 g/mol. The van der Waals surface area contributed by atoms with E-state index < -0.39 is 0 Å². The van der Waals surface area contributed by atoms with Crippen LogP contribution in [0.3, 0.4) is 0 Å². The van der Waals surface area contributed by atoms with Crippen molar-refractivity contribution in [2.24, 2.45) is 5.41 Å². The second kappa shape index (κ2) is 7.65. The molecule has 1 aromatic rings. The van der Waals surface area contributed by atoms with Crippen molar-refractivity contribution in [3.8, 4) is 0 Å². The molecule has 1 aromatic carbocycles. The van der Waals surface area contributed by atoms with E-state index >= 15 is 0 Å². The van der Waals surface area contributed by atoms with E-state index in [9.17, 15) is 0 Å². The summed E-state index contributed by atoms with van der Waals surface area (Å²) in [5.74, 6) is 0. The molecule has 0 radical (unpaired) electrons. The Hall–Kier alpha value is -0.530. The summed E-state index contributed by atoms with van der Waals surface area (Å²) in [6.07, 6.45) is 3.66. The van der Waals surface area contributed by atoms with E-state index in [0.29, 0.717) is 5.41 Å². The third-order valence-corrected chi connectivity index (χ3v) is 4.39. The molecule has 0 saturated heterocycles. The van der Waals surface area contributed by atoms with E-state index in [0.717, 1.165) is 18.1 Å². The Balaban J connectivity index is 2.82. The van der Waals surface area contributed by atoms with Gasteiger partial charge in [-0.25, -0.2) is 0 Å². The fourth-order valence-electron chi connectivity index (χ4n) is 2.65. The van der Waals surface area contributed by atoms with Crippen LogP contribution in [0.1, 0.15) is 66.4 Å². The summed E-state index contributed by atoms with van der Waals surface area (Å²) in [4.78, 5) is 2.63. The Morgan fingerprint density at radius 2 is 1.52 bits per heavy atom. The van der Waals surface area contributed by atoms with Gasteiger partial charge in [0.05, 0.1) is 0 Å². The minimum atomic E-state index is 0.236. The Bertz CT molecular complexity index is 414. The molecule has 0 N–H and O–H groups in total. The summed E-state index contributed by atoms with van der Waals surface area (Å²) in [5.41, 5.74) is 1.96. The van der Waals surface area contributed by atoms with Crippen LogP contribution in [0, 0.1) is 5.41 Å². The van der Waals surface area contributed by atoms with Crippen molar-refractivity contribution < 1.29 is 0 Å². The summed E-state index contributed by atoms with van der Waals surface area (Å²) < 4.78 is 0. The zero-order chi connectivity index (χ0) is 16.1. The van der Waals surface area contributed by atoms with Crippen molar-refractivity contribution in [2.75, 3.05) is 6.54 Å². The molecule has 1 rings (SSSR count). The largest absolute Gasteiger partial charge is 0.294 e. The van der Waals surface area contributed by atoms with Gasteiger partial charge >= 0.3 is 0 Å². The summed E-state index contributed by atoms with van der Waals surface area (Å²) in [6, 6.07) is 8.28. The van der Waals surface area contributed by atoms with Crippen LogP contribution in [0.2, 0.25) is 5.02 Å². The zero-order valence-electron chi connectivity index (χ0n) is 14.7. The molecule has 0 atom stereocenters. The SMILES string of the molecule is CCCC(C)(C)N(CCC(C)(C)C)Cc1ccc(Cl)cc1. The highest BCUT2D eigenvalue weighted by molar-refractivity contribution is 6.30. The first kappa shape index (κ1) is 18.5. The lowest BCUT2D eigenvalue weighted by molar-refractivity contribution is 0.0871. The molecule has 0 bridgehead atoms. The molecule has 0 aliphatic rings. The number of halogens is 1. The van der Waals surface area contributed by atoms with Gasteiger partial charge in [-0.15, -0.1) is 0 Å². The third-order valence-electron chi connectivity index (χ3n) is 4.14. The Morgan fingerprint density at radius 3 is 2.00 bits per heavy atom. The number of nitrogens with zero attached hydrogens (tertiary/aromatic N) is 1. The Morgan fingerprint density at radius 1 is 0.952 bits per heavy atom. The smallest absolute Gasteiger partial charge is 0.0406 e. The first-order valence-electron chi connectivity index (χ1n) is 8.13. The van der Waals surface area contributed by atoms with Gasteiger partial charge in [-0.2, -0.15) is 0 Å². The molecule has 0 aromatic heterocycles. The van der Waals surface area contributed by atoms with Crippen molar-refractivity contribution in [2.45, 2.75) is 72.9 Å². The van der Waals surface area contributed by atoms with Crippen molar-refractivity contribution in [1.82, 2.24) is 4.90 Å². The lowest BCUT2D eigenvalue weighted by Crippen LogP contribution is -2.44. The van der Waals surface area contributed by atoms with Crippen LogP contribution >= 0.6 is 11.6 Å². The maximum atomic E-state index is 6.00. The molecule has 0 aliphatic heterocycles. The predicted molar refractivity (Wildman–Crippen MR) is 94.9 cm³/mol. The molecule has 0 saturated carbocycles. The van der Waals surface area contributed by atoms with E-state index in [1.54, 1.807) is 0 Å². The van der Waals surface area contributed by atoms with Crippen LogP contribution in [0.25, 0.3) is 0 Å². The molecule has 0 fully saturated rings.